The van der Waals surface area contributed by atoms with Crippen molar-refractivity contribution >= 4 is 0 Å². The molecular weight excluding hydrogens is 256 g/mol. The highest BCUT2D eigenvalue weighted by Gasteiger charge is 2.39. The van der Waals surface area contributed by atoms with Gasteiger partial charge in [0.25, 0.3) is 0 Å². The van der Waals surface area contributed by atoms with Crippen molar-refractivity contribution in [2.24, 2.45) is 0 Å². The highest BCUT2D eigenvalue weighted by molar-refractivity contribution is 5.71. The second-order valence-electron chi connectivity index (χ2n) is 5.18. The molecule has 0 spiro atoms. The zero-order chi connectivity index (χ0) is 14.3. The molecule has 0 fully saturated rings. The van der Waals surface area contributed by atoms with E-state index in [4.69, 9.17) is 9.47 Å². The molecule has 0 amide bonds. The van der Waals surface area contributed by atoms with Crippen LogP contribution in [0.25, 0.3) is 11.4 Å². The largest absolute Gasteiger partial charge is 0.490 e. The average molecular weight is 274 g/mol. The zero-order valence-corrected chi connectivity index (χ0v) is 12.2. The number of hydrogen-bond donors (Lipinski definition) is 0. The molecular formula is C14H18N4O2. The molecule has 1 aliphatic heterocycles. The van der Waals surface area contributed by atoms with Crippen molar-refractivity contribution in [3.63, 3.8) is 0 Å². The van der Waals surface area contributed by atoms with Gasteiger partial charge in [-0.15, -0.1) is 5.10 Å². The molecule has 1 aliphatic rings. The Kier molecular flexibility index (Phi) is 2.88. The van der Waals surface area contributed by atoms with Crippen LogP contribution < -0.4 is 9.47 Å². The van der Waals surface area contributed by atoms with Crippen LogP contribution >= 0.6 is 0 Å². The van der Waals surface area contributed by atoms with Crippen molar-refractivity contribution < 1.29 is 9.47 Å². The molecule has 2 aromatic rings. The van der Waals surface area contributed by atoms with Gasteiger partial charge in [0.1, 0.15) is 0 Å². The molecule has 6 heteroatoms. The summed E-state index contributed by atoms with van der Waals surface area (Å²) >= 11 is 0. The standard InChI is InChI=1S/C14H18N4O2/c1-5-19-11-7-9-10(8-12(11)20-6-2)14(3,4)18-13(9)15-16-17-18/h7-8H,5-6H2,1-4H3. The molecule has 3 rings (SSSR count). The van der Waals surface area contributed by atoms with E-state index in [1.807, 2.05) is 30.7 Å². The van der Waals surface area contributed by atoms with E-state index in [0.717, 1.165) is 28.5 Å². The summed E-state index contributed by atoms with van der Waals surface area (Å²) in [5.74, 6) is 2.27. The number of rotatable bonds is 4. The predicted octanol–water partition coefficient (Wildman–Crippen LogP) is 2.23. The van der Waals surface area contributed by atoms with Crippen molar-refractivity contribution in [3.8, 4) is 22.9 Å². The lowest BCUT2D eigenvalue weighted by atomic mass is 9.93. The molecule has 0 radical (unpaired) electrons. The molecule has 0 N–H and O–H groups in total. The molecule has 0 saturated heterocycles. The summed E-state index contributed by atoms with van der Waals surface area (Å²) in [7, 11) is 0. The number of benzene rings is 1. The monoisotopic (exact) mass is 274 g/mol. The first-order valence-electron chi connectivity index (χ1n) is 6.83. The Morgan fingerprint density at radius 1 is 1.10 bits per heavy atom. The third-order valence-corrected chi connectivity index (χ3v) is 3.58. The van der Waals surface area contributed by atoms with Gasteiger partial charge in [0.15, 0.2) is 17.3 Å². The van der Waals surface area contributed by atoms with Crippen LogP contribution in [0, 0.1) is 0 Å². The summed E-state index contributed by atoms with van der Waals surface area (Å²) in [5.41, 5.74) is 1.85. The smallest absolute Gasteiger partial charge is 0.183 e. The van der Waals surface area contributed by atoms with Crippen LogP contribution in [0.1, 0.15) is 33.3 Å². The molecule has 1 aromatic carbocycles. The van der Waals surface area contributed by atoms with Gasteiger partial charge in [0.2, 0.25) is 0 Å². The molecule has 0 saturated carbocycles. The van der Waals surface area contributed by atoms with Crippen LogP contribution in [0.3, 0.4) is 0 Å². The molecule has 2 heterocycles. The third kappa shape index (κ3) is 1.67. The first kappa shape index (κ1) is 12.9. The maximum atomic E-state index is 5.69. The van der Waals surface area contributed by atoms with Crippen molar-refractivity contribution in [2.75, 3.05) is 13.2 Å². The molecule has 0 aliphatic carbocycles. The van der Waals surface area contributed by atoms with E-state index in [1.165, 1.54) is 0 Å². The van der Waals surface area contributed by atoms with Gasteiger partial charge in [-0.05, 0) is 55.8 Å². The fraction of sp³-hybridized carbons (Fsp3) is 0.500. The Bertz CT molecular complexity index is 649. The SMILES string of the molecule is CCOc1cc2c(cc1OCC)C(C)(C)n1nnnc1-2. The van der Waals surface area contributed by atoms with Crippen molar-refractivity contribution in [1.29, 1.82) is 0 Å². The van der Waals surface area contributed by atoms with Crippen LogP contribution in [-0.4, -0.2) is 33.4 Å². The first-order valence-corrected chi connectivity index (χ1v) is 6.83. The van der Waals surface area contributed by atoms with Crippen LogP contribution in [0.2, 0.25) is 0 Å². The lowest BCUT2D eigenvalue weighted by Crippen LogP contribution is -2.25. The van der Waals surface area contributed by atoms with Crippen molar-refractivity contribution in [3.05, 3.63) is 17.7 Å². The Morgan fingerprint density at radius 2 is 1.75 bits per heavy atom. The fourth-order valence-corrected chi connectivity index (χ4v) is 2.63. The van der Waals surface area contributed by atoms with Crippen molar-refractivity contribution in [2.45, 2.75) is 33.2 Å². The third-order valence-electron chi connectivity index (χ3n) is 3.58. The minimum absolute atomic E-state index is 0.287. The summed E-state index contributed by atoms with van der Waals surface area (Å²) in [6.07, 6.45) is 0. The number of aromatic nitrogens is 4. The molecule has 1 aromatic heterocycles. The number of ether oxygens (including phenoxy) is 2. The minimum Gasteiger partial charge on any atom is -0.490 e. The minimum atomic E-state index is -0.287. The van der Waals surface area contributed by atoms with Gasteiger partial charge in [0.05, 0.1) is 18.8 Å². The summed E-state index contributed by atoms with van der Waals surface area (Å²) in [6, 6.07) is 4.00. The van der Waals surface area contributed by atoms with E-state index >= 15 is 0 Å². The first-order chi connectivity index (χ1) is 9.59. The van der Waals surface area contributed by atoms with Crippen molar-refractivity contribution in [1.82, 2.24) is 20.2 Å². The highest BCUT2D eigenvalue weighted by Crippen LogP contribution is 2.46. The summed E-state index contributed by atoms with van der Waals surface area (Å²) in [6.45, 7) is 9.29. The summed E-state index contributed by atoms with van der Waals surface area (Å²) in [4.78, 5) is 0. The van der Waals surface area contributed by atoms with Gasteiger partial charge in [0, 0.05) is 5.56 Å². The molecule has 6 nitrogen and oxygen atoms in total. The van der Waals surface area contributed by atoms with E-state index in [9.17, 15) is 0 Å². The van der Waals surface area contributed by atoms with E-state index in [1.54, 1.807) is 0 Å². The second-order valence-corrected chi connectivity index (χ2v) is 5.18. The lowest BCUT2D eigenvalue weighted by Gasteiger charge is -2.21. The molecule has 0 unspecified atom stereocenters. The number of nitrogens with zero attached hydrogens (tertiary/aromatic N) is 4. The van der Waals surface area contributed by atoms with E-state index in [2.05, 4.69) is 29.4 Å². The number of hydrogen-bond acceptors (Lipinski definition) is 5. The van der Waals surface area contributed by atoms with Gasteiger partial charge in [-0.2, -0.15) is 0 Å². The fourth-order valence-electron chi connectivity index (χ4n) is 2.63. The maximum absolute atomic E-state index is 5.69. The average Bonchev–Trinajstić information content (AvgIpc) is 2.96. The molecule has 0 atom stereocenters. The number of fused-ring (bicyclic) bond motifs is 3. The zero-order valence-electron chi connectivity index (χ0n) is 12.2. The molecule has 0 bridgehead atoms. The van der Waals surface area contributed by atoms with Crippen LogP contribution in [0.5, 0.6) is 11.5 Å². The van der Waals surface area contributed by atoms with E-state index in [0.29, 0.717) is 13.2 Å². The van der Waals surface area contributed by atoms with E-state index < -0.39 is 0 Å². The quantitative estimate of drug-likeness (QED) is 0.855. The van der Waals surface area contributed by atoms with Gasteiger partial charge in [-0.25, -0.2) is 4.68 Å². The van der Waals surface area contributed by atoms with Gasteiger partial charge in [-0.1, -0.05) is 0 Å². The predicted molar refractivity (Wildman–Crippen MR) is 74.0 cm³/mol. The van der Waals surface area contributed by atoms with Crippen LogP contribution in [0.4, 0.5) is 0 Å². The Hall–Kier alpha value is -2.11. The topological polar surface area (TPSA) is 62.1 Å². The van der Waals surface area contributed by atoms with Crippen LogP contribution in [0.15, 0.2) is 12.1 Å². The Labute approximate surface area is 117 Å². The molecule has 20 heavy (non-hydrogen) atoms. The lowest BCUT2D eigenvalue weighted by molar-refractivity contribution is 0.286. The Morgan fingerprint density at radius 3 is 2.40 bits per heavy atom. The van der Waals surface area contributed by atoms with Gasteiger partial charge < -0.3 is 9.47 Å². The Balaban J connectivity index is 2.20. The second kappa shape index (κ2) is 4.47. The summed E-state index contributed by atoms with van der Waals surface area (Å²) < 4.78 is 13.2. The normalized spacial score (nSPS) is 14.8. The van der Waals surface area contributed by atoms with Gasteiger partial charge in [-0.3, -0.25) is 0 Å². The number of tetrazole rings is 1. The van der Waals surface area contributed by atoms with Crippen LogP contribution in [-0.2, 0) is 5.54 Å². The van der Waals surface area contributed by atoms with E-state index in [-0.39, 0.29) is 5.54 Å². The summed E-state index contributed by atoms with van der Waals surface area (Å²) in [5, 5.41) is 12.0. The molecule has 106 valence electrons. The maximum Gasteiger partial charge on any atom is 0.183 e. The highest BCUT2D eigenvalue weighted by atomic mass is 16.5. The van der Waals surface area contributed by atoms with Gasteiger partial charge >= 0.3 is 0 Å².